The van der Waals surface area contributed by atoms with Crippen LogP contribution >= 0.6 is 0 Å². The molecular weight excluding hydrogens is 312 g/mol. The van der Waals surface area contributed by atoms with Crippen molar-refractivity contribution in [1.29, 1.82) is 0 Å². The average molecular weight is 331 g/mol. The fourth-order valence-electron chi connectivity index (χ4n) is 2.89. The molecule has 0 bridgehead atoms. The first kappa shape index (κ1) is 16.4. The first-order valence-electron chi connectivity index (χ1n) is 7.84. The molecule has 0 unspecified atom stereocenters. The third kappa shape index (κ3) is 3.71. The maximum atomic E-state index is 13.7. The lowest BCUT2D eigenvalue weighted by atomic mass is 10.1. The highest BCUT2D eigenvalue weighted by atomic mass is 19.1. The molecule has 4 nitrogen and oxygen atoms in total. The van der Waals surface area contributed by atoms with Gasteiger partial charge in [-0.05, 0) is 29.8 Å². The Morgan fingerprint density at radius 1 is 1.04 bits per heavy atom. The Labute approximate surface area is 139 Å². The number of halogens is 2. The Bertz CT molecular complexity index is 743. The van der Waals surface area contributed by atoms with Gasteiger partial charge in [-0.2, -0.15) is 0 Å². The van der Waals surface area contributed by atoms with Crippen molar-refractivity contribution in [3.05, 3.63) is 65.2 Å². The van der Waals surface area contributed by atoms with Gasteiger partial charge in [0.15, 0.2) is 0 Å². The topological polar surface area (TPSA) is 49.6 Å². The summed E-state index contributed by atoms with van der Waals surface area (Å²) in [6.07, 6.45) is 0. The molecule has 1 aliphatic rings. The van der Waals surface area contributed by atoms with Crippen molar-refractivity contribution in [2.24, 2.45) is 0 Å². The third-order valence-corrected chi connectivity index (χ3v) is 4.18. The van der Waals surface area contributed by atoms with Crippen LogP contribution in [-0.2, 0) is 6.54 Å². The van der Waals surface area contributed by atoms with Crippen LogP contribution in [-0.4, -0.2) is 41.9 Å². The fourth-order valence-corrected chi connectivity index (χ4v) is 2.89. The zero-order chi connectivity index (χ0) is 17.1. The normalized spacial score (nSPS) is 15.5. The van der Waals surface area contributed by atoms with Gasteiger partial charge in [0.05, 0.1) is 5.56 Å². The number of nitrogen functional groups attached to an aromatic ring is 1. The highest BCUT2D eigenvalue weighted by molar-refractivity contribution is 5.94. The van der Waals surface area contributed by atoms with Crippen LogP contribution < -0.4 is 5.73 Å². The molecule has 1 amide bonds. The molecule has 0 spiro atoms. The van der Waals surface area contributed by atoms with E-state index in [-0.39, 0.29) is 5.56 Å². The number of nitrogens with zero attached hydrogens (tertiary/aromatic N) is 2. The Balaban J connectivity index is 1.59. The SMILES string of the molecule is Nc1cccc(CN2CCN(C(=O)c3ccc(F)cc3F)CC2)c1. The van der Waals surface area contributed by atoms with Gasteiger partial charge < -0.3 is 10.6 Å². The first-order valence-corrected chi connectivity index (χ1v) is 7.84. The standard InChI is InChI=1S/C18H19F2N3O/c19-14-4-5-16(17(20)11-14)18(24)23-8-6-22(7-9-23)12-13-2-1-3-15(21)10-13/h1-5,10-11H,6-9,12,21H2. The number of amides is 1. The summed E-state index contributed by atoms with van der Waals surface area (Å²) in [5, 5.41) is 0. The van der Waals surface area contributed by atoms with Gasteiger partial charge in [-0.15, -0.1) is 0 Å². The van der Waals surface area contributed by atoms with Crippen molar-refractivity contribution in [2.45, 2.75) is 6.54 Å². The molecule has 2 aromatic carbocycles. The molecule has 24 heavy (non-hydrogen) atoms. The minimum atomic E-state index is -0.817. The Kier molecular flexibility index (Phi) is 4.76. The predicted molar refractivity (Wildman–Crippen MR) is 88.4 cm³/mol. The van der Waals surface area contributed by atoms with E-state index in [1.807, 2.05) is 24.3 Å². The quantitative estimate of drug-likeness (QED) is 0.879. The van der Waals surface area contributed by atoms with E-state index < -0.39 is 17.5 Å². The summed E-state index contributed by atoms with van der Waals surface area (Å²) in [5.41, 5.74) is 7.55. The van der Waals surface area contributed by atoms with Crippen LogP contribution in [0.2, 0.25) is 0 Å². The first-order chi connectivity index (χ1) is 11.5. The second-order valence-electron chi connectivity index (χ2n) is 5.94. The van der Waals surface area contributed by atoms with E-state index in [1.165, 1.54) is 6.07 Å². The molecular formula is C18H19F2N3O. The number of anilines is 1. The summed E-state index contributed by atoms with van der Waals surface area (Å²) in [5.74, 6) is -1.89. The van der Waals surface area contributed by atoms with E-state index in [1.54, 1.807) is 4.90 Å². The number of carbonyl (C=O) groups excluding carboxylic acids is 1. The lowest BCUT2D eigenvalue weighted by Gasteiger charge is -2.34. The lowest BCUT2D eigenvalue weighted by molar-refractivity contribution is 0.0624. The van der Waals surface area contributed by atoms with E-state index in [0.717, 1.165) is 29.9 Å². The molecule has 1 saturated heterocycles. The van der Waals surface area contributed by atoms with Crippen molar-refractivity contribution < 1.29 is 13.6 Å². The monoisotopic (exact) mass is 331 g/mol. The minimum absolute atomic E-state index is 0.0827. The van der Waals surface area contributed by atoms with Crippen LogP contribution in [0.1, 0.15) is 15.9 Å². The van der Waals surface area contributed by atoms with Crippen LogP contribution in [0.5, 0.6) is 0 Å². The molecule has 6 heteroatoms. The van der Waals surface area contributed by atoms with E-state index in [2.05, 4.69) is 4.90 Å². The third-order valence-electron chi connectivity index (χ3n) is 4.18. The maximum absolute atomic E-state index is 13.7. The molecule has 0 atom stereocenters. The molecule has 3 rings (SSSR count). The van der Waals surface area contributed by atoms with Gasteiger partial charge in [0, 0.05) is 44.5 Å². The van der Waals surface area contributed by atoms with Crippen LogP contribution in [0.15, 0.2) is 42.5 Å². The van der Waals surface area contributed by atoms with E-state index in [4.69, 9.17) is 5.73 Å². The Morgan fingerprint density at radius 3 is 2.46 bits per heavy atom. The van der Waals surface area contributed by atoms with E-state index in [9.17, 15) is 13.6 Å². The summed E-state index contributed by atoms with van der Waals surface area (Å²) in [6, 6.07) is 10.8. The van der Waals surface area contributed by atoms with Crippen LogP contribution in [0, 0.1) is 11.6 Å². The highest BCUT2D eigenvalue weighted by Gasteiger charge is 2.24. The van der Waals surface area contributed by atoms with Crippen molar-refractivity contribution in [3.8, 4) is 0 Å². The molecule has 0 saturated carbocycles. The van der Waals surface area contributed by atoms with Gasteiger partial charge in [-0.25, -0.2) is 8.78 Å². The molecule has 0 aliphatic carbocycles. The predicted octanol–water partition coefficient (Wildman–Crippen LogP) is 2.51. The van der Waals surface area contributed by atoms with Crippen molar-refractivity contribution in [1.82, 2.24) is 9.80 Å². The van der Waals surface area contributed by atoms with Crippen LogP contribution in [0.25, 0.3) is 0 Å². The number of hydrogen-bond acceptors (Lipinski definition) is 3. The summed E-state index contributed by atoms with van der Waals surface area (Å²) >= 11 is 0. The van der Waals surface area contributed by atoms with Gasteiger partial charge in [0.2, 0.25) is 0 Å². The highest BCUT2D eigenvalue weighted by Crippen LogP contribution is 2.16. The number of nitrogens with two attached hydrogens (primary N) is 1. The molecule has 2 N–H and O–H groups in total. The number of piperazine rings is 1. The number of carbonyl (C=O) groups is 1. The van der Waals surface area contributed by atoms with Crippen molar-refractivity contribution in [2.75, 3.05) is 31.9 Å². The lowest BCUT2D eigenvalue weighted by Crippen LogP contribution is -2.48. The minimum Gasteiger partial charge on any atom is -0.399 e. The second-order valence-corrected chi connectivity index (χ2v) is 5.94. The molecule has 1 aliphatic heterocycles. The fraction of sp³-hybridized carbons (Fsp3) is 0.278. The number of rotatable bonds is 3. The van der Waals surface area contributed by atoms with Crippen molar-refractivity contribution in [3.63, 3.8) is 0 Å². The van der Waals surface area contributed by atoms with Gasteiger partial charge >= 0.3 is 0 Å². The second kappa shape index (κ2) is 6.97. The molecule has 2 aromatic rings. The molecule has 1 fully saturated rings. The maximum Gasteiger partial charge on any atom is 0.256 e. The Hall–Kier alpha value is -2.47. The van der Waals surface area contributed by atoms with Crippen molar-refractivity contribution >= 4 is 11.6 Å². The van der Waals surface area contributed by atoms with Gasteiger partial charge in [0.1, 0.15) is 11.6 Å². The number of benzene rings is 2. The van der Waals surface area contributed by atoms with Gasteiger partial charge in [0.25, 0.3) is 5.91 Å². The summed E-state index contributed by atoms with van der Waals surface area (Å²) < 4.78 is 26.7. The largest absolute Gasteiger partial charge is 0.399 e. The number of hydrogen-bond donors (Lipinski definition) is 1. The average Bonchev–Trinajstić information content (AvgIpc) is 2.55. The van der Waals surface area contributed by atoms with Crippen LogP contribution in [0.3, 0.4) is 0 Å². The molecule has 0 radical (unpaired) electrons. The molecule has 1 heterocycles. The Morgan fingerprint density at radius 2 is 1.79 bits per heavy atom. The zero-order valence-corrected chi connectivity index (χ0v) is 13.2. The zero-order valence-electron chi connectivity index (χ0n) is 13.2. The van der Waals surface area contributed by atoms with E-state index in [0.29, 0.717) is 26.2 Å². The summed E-state index contributed by atoms with van der Waals surface area (Å²) in [4.78, 5) is 16.2. The van der Waals surface area contributed by atoms with Gasteiger partial charge in [-0.3, -0.25) is 9.69 Å². The van der Waals surface area contributed by atoms with Gasteiger partial charge in [-0.1, -0.05) is 12.1 Å². The molecule has 0 aromatic heterocycles. The smallest absolute Gasteiger partial charge is 0.256 e. The summed E-state index contributed by atoms with van der Waals surface area (Å²) in [6.45, 7) is 3.18. The van der Waals surface area contributed by atoms with Crippen LogP contribution in [0.4, 0.5) is 14.5 Å². The molecule has 126 valence electrons. The van der Waals surface area contributed by atoms with E-state index >= 15 is 0 Å². The summed E-state index contributed by atoms with van der Waals surface area (Å²) in [7, 11) is 0.